The molecule has 0 aliphatic heterocycles. The van der Waals surface area contributed by atoms with Crippen molar-refractivity contribution in [2.75, 3.05) is 5.32 Å². The lowest BCUT2D eigenvalue weighted by molar-refractivity contribution is 0.102. The fourth-order valence-electron chi connectivity index (χ4n) is 3.81. The van der Waals surface area contributed by atoms with Crippen LogP contribution in [-0.2, 0) is 6.54 Å². The maximum Gasteiger partial charge on any atom is 0.276 e. The molecule has 0 spiro atoms. The number of benzene rings is 2. The number of fused-ring (bicyclic) bond motifs is 3. The zero-order chi connectivity index (χ0) is 22.2. The third-order valence-electron chi connectivity index (χ3n) is 5.57. The fourth-order valence-corrected chi connectivity index (χ4v) is 3.99. The Morgan fingerprint density at radius 2 is 1.78 bits per heavy atom. The summed E-state index contributed by atoms with van der Waals surface area (Å²) in [6.45, 7) is 2.21. The molecule has 0 unspecified atom stereocenters. The lowest BCUT2D eigenvalue weighted by Crippen LogP contribution is -2.24. The van der Waals surface area contributed by atoms with Crippen LogP contribution < -0.4 is 10.9 Å². The molecule has 7 heteroatoms. The Morgan fingerprint density at radius 3 is 2.59 bits per heavy atom. The normalized spacial score (nSPS) is 11.2. The molecule has 5 rings (SSSR count). The molecule has 0 saturated heterocycles. The van der Waals surface area contributed by atoms with E-state index in [1.165, 1.54) is 0 Å². The minimum Gasteiger partial charge on any atom is -0.322 e. The molecule has 1 amide bonds. The molecule has 0 bridgehead atoms. The highest BCUT2D eigenvalue weighted by molar-refractivity contribution is 6.31. The first-order chi connectivity index (χ1) is 15.5. The van der Waals surface area contributed by atoms with Crippen molar-refractivity contribution < 1.29 is 4.79 Å². The van der Waals surface area contributed by atoms with E-state index in [-0.39, 0.29) is 11.5 Å². The monoisotopic (exact) mass is 442 g/mol. The molecule has 5 aromatic rings. The van der Waals surface area contributed by atoms with Crippen LogP contribution in [0, 0.1) is 6.92 Å². The second-order valence-corrected chi connectivity index (χ2v) is 7.97. The summed E-state index contributed by atoms with van der Waals surface area (Å²) in [6.07, 6.45) is 3.54. The number of halogens is 1. The zero-order valence-electron chi connectivity index (χ0n) is 17.2. The highest BCUT2D eigenvalue weighted by Crippen LogP contribution is 2.23. The van der Waals surface area contributed by atoms with E-state index in [4.69, 9.17) is 11.6 Å². The van der Waals surface area contributed by atoms with Crippen molar-refractivity contribution in [2.24, 2.45) is 0 Å². The van der Waals surface area contributed by atoms with Gasteiger partial charge in [0.1, 0.15) is 5.52 Å². The van der Waals surface area contributed by atoms with Crippen molar-refractivity contribution in [3.05, 3.63) is 111 Å². The van der Waals surface area contributed by atoms with Gasteiger partial charge in [-0.25, -0.2) is 4.98 Å². The fraction of sp³-hybridized carbons (Fsp3) is 0.0800. The largest absolute Gasteiger partial charge is 0.322 e. The SMILES string of the molecule is Cc1c(Cl)cccc1NC(=O)c1ccc(Cn2c(=O)c3cccn3c3cccnc32)cc1. The number of anilines is 1. The van der Waals surface area contributed by atoms with Gasteiger partial charge in [0.15, 0.2) is 5.65 Å². The second kappa shape index (κ2) is 7.98. The number of carbonyl (C=O) groups is 1. The van der Waals surface area contributed by atoms with Crippen LogP contribution >= 0.6 is 11.6 Å². The molecule has 0 aliphatic carbocycles. The van der Waals surface area contributed by atoms with Gasteiger partial charge in [-0.1, -0.05) is 29.8 Å². The predicted octanol–water partition coefficient (Wildman–Crippen LogP) is 4.91. The smallest absolute Gasteiger partial charge is 0.276 e. The lowest BCUT2D eigenvalue weighted by atomic mass is 10.1. The molecular weight excluding hydrogens is 424 g/mol. The van der Waals surface area contributed by atoms with Crippen LogP contribution in [-0.4, -0.2) is 19.9 Å². The van der Waals surface area contributed by atoms with Crippen molar-refractivity contribution in [1.29, 1.82) is 0 Å². The molecule has 0 saturated carbocycles. The molecule has 0 atom stereocenters. The third kappa shape index (κ3) is 3.44. The molecule has 6 nitrogen and oxygen atoms in total. The van der Waals surface area contributed by atoms with Gasteiger partial charge in [0.25, 0.3) is 11.5 Å². The van der Waals surface area contributed by atoms with Crippen LogP contribution in [0.3, 0.4) is 0 Å². The summed E-state index contributed by atoms with van der Waals surface area (Å²) in [7, 11) is 0. The minimum atomic E-state index is -0.221. The first-order valence-corrected chi connectivity index (χ1v) is 10.5. The average Bonchev–Trinajstić information content (AvgIpc) is 3.30. The van der Waals surface area contributed by atoms with E-state index in [2.05, 4.69) is 10.3 Å². The summed E-state index contributed by atoms with van der Waals surface area (Å²) in [4.78, 5) is 30.2. The van der Waals surface area contributed by atoms with Crippen molar-refractivity contribution >= 4 is 39.9 Å². The Morgan fingerprint density at radius 1 is 1.00 bits per heavy atom. The van der Waals surface area contributed by atoms with E-state index in [0.29, 0.717) is 34.0 Å². The number of hydrogen-bond donors (Lipinski definition) is 1. The Hall–Kier alpha value is -3.90. The van der Waals surface area contributed by atoms with E-state index in [9.17, 15) is 9.59 Å². The predicted molar refractivity (Wildman–Crippen MR) is 127 cm³/mol. The van der Waals surface area contributed by atoms with Crippen LogP contribution in [0.2, 0.25) is 5.02 Å². The van der Waals surface area contributed by atoms with E-state index < -0.39 is 0 Å². The maximum absolute atomic E-state index is 13.1. The van der Waals surface area contributed by atoms with E-state index in [0.717, 1.165) is 16.6 Å². The first-order valence-electron chi connectivity index (χ1n) is 10.1. The van der Waals surface area contributed by atoms with Crippen molar-refractivity contribution in [3.8, 4) is 0 Å². The topological polar surface area (TPSA) is 68.4 Å². The van der Waals surface area contributed by atoms with E-state index in [1.54, 1.807) is 41.1 Å². The molecule has 0 fully saturated rings. The van der Waals surface area contributed by atoms with Crippen LogP contribution in [0.1, 0.15) is 21.5 Å². The number of carbonyl (C=O) groups excluding carboxylic acids is 1. The van der Waals surface area contributed by atoms with Gasteiger partial charge < -0.3 is 9.72 Å². The Balaban J connectivity index is 1.44. The molecule has 0 radical (unpaired) electrons. The summed E-state index contributed by atoms with van der Waals surface area (Å²) >= 11 is 6.14. The van der Waals surface area contributed by atoms with E-state index >= 15 is 0 Å². The van der Waals surface area contributed by atoms with Gasteiger partial charge in [0.05, 0.1) is 12.1 Å². The summed E-state index contributed by atoms with van der Waals surface area (Å²) in [5.41, 5.74) is 4.86. The van der Waals surface area contributed by atoms with Crippen LogP contribution in [0.4, 0.5) is 5.69 Å². The van der Waals surface area contributed by atoms with Gasteiger partial charge in [-0.3, -0.25) is 14.2 Å². The van der Waals surface area contributed by atoms with Crippen molar-refractivity contribution in [2.45, 2.75) is 13.5 Å². The molecule has 3 heterocycles. The lowest BCUT2D eigenvalue weighted by Gasteiger charge is -2.12. The zero-order valence-corrected chi connectivity index (χ0v) is 18.0. The van der Waals surface area contributed by atoms with E-state index in [1.807, 2.05) is 53.9 Å². The molecule has 1 N–H and O–H groups in total. The molecule has 32 heavy (non-hydrogen) atoms. The van der Waals surface area contributed by atoms with Gasteiger partial charge >= 0.3 is 0 Å². The van der Waals surface area contributed by atoms with Gasteiger partial charge in [0, 0.05) is 28.7 Å². The van der Waals surface area contributed by atoms with Gasteiger partial charge in [0.2, 0.25) is 0 Å². The summed E-state index contributed by atoms with van der Waals surface area (Å²) in [5.74, 6) is -0.221. The summed E-state index contributed by atoms with van der Waals surface area (Å²) < 4.78 is 3.52. The molecule has 3 aromatic heterocycles. The number of hydrogen-bond acceptors (Lipinski definition) is 3. The van der Waals surface area contributed by atoms with Crippen molar-refractivity contribution in [1.82, 2.24) is 14.0 Å². The maximum atomic E-state index is 13.1. The van der Waals surface area contributed by atoms with Crippen molar-refractivity contribution in [3.63, 3.8) is 0 Å². The number of amides is 1. The number of aromatic nitrogens is 3. The Labute approximate surface area is 188 Å². The third-order valence-corrected chi connectivity index (χ3v) is 5.98. The highest BCUT2D eigenvalue weighted by Gasteiger charge is 2.13. The Kier molecular flexibility index (Phi) is 4.99. The van der Waals surface area contributed by atoms with Gasteiger partial charge in [-0.15, -0.1) is 0 Å². The summed E-state index contributed by atoms with van der Waals surface area (Å²) in [5, 5.41) is 3.50. The summed E-state index contributed by atoms with van der Waals surface area (Å²) in [6, 6.07) is 20.0. The molecular formula is C25H19ClN4O2. The minimum absolute atomic E-state index is 0.112. The molecule has 2 aromatic carbocycles. The number of nitrogens with one attached hydrogen (secondary N) is 1. The highest BCUT2D eigenvalue weighted by atomic mass is 35.5. The average molecular weight is 443 g/mol. The first kappa shape index (κ1) is 20.0. The quantitative estimate of drug-likeness (QED) is 0.430. The molecule has 158 valence electrons. The van der Waals surface area contributed by atoms with Gasteiger partial charge in [-0.05, 0) is 66.6 Å². The standard InChI is InChI=1S/C25H19ClN4O2/c1-16-19(26)5-2-6-20(16)28-24(31)18-11-9-17(10-12-18)15-30-23-21(7-3-13-27-23)29-14-4-8-22(29)25(30)32/h2-14H,15H2,1H3,(H,28,31). The van der Waals surface area contributed by atoms with Crippen LogP contribution in [0.25, 0.3) is 16.7 Å². The van der Waals surface area contributed by atoms with Crippen LogP contribution in [0.15, 0.2) is 83.9 Å². The number of rotatable bonds is 4. The number of nitrogens with zero attached hydrogens (tertiary/aromatic N) is 3. The van der Waals surface area contributed by atoms with Crippen LogP contribution in [0.5, 0.6) is 0 Å². The Bertz CT molecular complexity index is 1530. The molecule has 0 aliphatic rings. The second-order valence-electron chi connectivity index (χ2n) is 7.56. The van der Waals surface area contributed by atoms with Gasteiger partial charge in [-0.2, -0.15) is 0 Å². The number of pyridine rings is 1.